The number of methoxy groups -OCH3 is 1. The molecule has 49 heavy (non-hydrogen) atoms. The number of pyridine rings is 3. The van der Waals surface area contributed by atoms with Crippen molar-refractivity contribution >= 4 is 34.7 Å². The van der Waals surface area contributed by atoms with Gasteiger partial charge in [-0.05, 0) is 75.3 Å². The van der Waals surface area contributed by atoms with E-state index in [1.54, 1.807) is 44.5 Å². The van der Waals surface area contributed by atoms with Gasteiger partial charge in [0.2, 0.25) is 5.95 Å². The average molecular weight is 680 g/mol. The Labute approximate surface area is 282 Å². The van der Waals surface area contributed by atoms with Gasteiger partial charge >= 0.3 is 12.1 Å². The number of aryl methyl sites for hydroxylation is 1. The van der Waals surface area contributed by atoms with E-state index in [4.69, 9.17) is 9.47 Å². The highest BCUT2D eigenvalue weighted by atomic mass is 19.4. The molecular formula is C35H40F3N7O4. The summed E-state index contributed by atoms with van der Waals surface area (Å²) >= 11 is 0. The van der Waals surface area contributed by atoms with Gasteiger partial charge < -0.3 is 19.4 Å². The first-order chi connectivity index (χ1) is 23.5. The van der Waals surface area contributed by atoms with E-state index in [-0.39, 0.29) is 34.6 Å². The van der Waals surface area contributed by atoms with Crippen LogP contribution in [-0.2, 0) is 26.9 Å². The number of carbonyl (C=O) groups excluding carboxylic acids is 2. The zero-order chi connectivity index (χ0) is 34.8. The van der Waals surface area contributed by atoms with Crippen molar-refractivity contribution in [1.82, 2.24) is 24.9 Å². The second-order valence-corrected chi connectivity index (χ2v) is 13.1. The second-order valence-electron chi connectivity index (χ2n) is 13.1. The maximum Gasteiger partial charge on any atom is 0.433 e. The highest BCUT2D eigenvalue weighted by Gasteiger charge is 2.39. The second kappa shape index (κ2) is 14.1. The molecule has 0 aromatic carbocycles. The molecule has 0 aliphatic heterocycles. The lowest BCUT2D eigenvalue weighted by Gasteiger charge is -2.44. The molecule has 4 aromatic heterocycles. The number of esters is 1. The van der Waals surface area contributed by atoms with Gasteiger partial charge in [0.05, 0.1) is 24.6 Å². The predicted molar refractivity (Wildman–Crippen MR) is 177 cm³/mol. The predicted octanol–water partition coefficient (Wildman–Crippen LogP) is 6.70. The third-order valence-corrected chi connectivity index (χ3v) is 9.16. The summed E-state index contributed by atoms with van der Waals surface area (Å²) in [6, 6.07) is 7.86. The van der Waals surface area contributed by atoms with Crippen molar-refractivity contribution in [3.05, 3.63) is 59.2 Å². The van der Waals surface area contributed by atoms with E-state index < -0.39 is 17.8 Å². The summed E-state index contributed by atoms with van der Waals surface area (Å²) in [5.74, 6) is -0.627. The molecule has 0 saturated heterocycles. The Bertz CT molecular complexity index is 1820. The van der Waals surface area contributed by atoms with Crippen molar-refractivity contribution in [2.45, 2.75) is 70.4 Å². The number of aromatic amines is 1. The number of nitrogens with one attached hydrogen (secondary N) is 2. The highest BCUT2D eigenvalue weighted by molar-refractivity contribution is 6.03. The van der Waals surface area contributed by atoms with Gasteiger partial charge in [0.25, 0.3) is 5.91 Å². The number of amides is 1. The fourth-order valence-electron chi connectivity index (χ4n) is 6.38. The fourth-order valence-corrected chi connectivity index (χ4v) is 6.38. The summed E-state index contributed by atoms with van der Waals surface area (Å²) in [6.07, 6.45) is 3.17. The molecule has 0 atom stereocenters. The van der Waals surface area contributed by atoms with Crippen LogP contribution in [0.2, 0.25) is 0 Å². The monoisotopic (exact) mass is 679 g/mol. The van der Waals surface area contributed by atoms with Crippen molar-refractivity contribution in [2.24, 2.45) is 5.41 Å². The minimum atomic E-state index is -4.61. The van der Waals surface area contributed by atoms with Gasteiger partial charge in [-0.3, -0.25) is 19.9 Å². The lowest BCUT2D eigenvalue weighted by molar-refractivity contribution is -0.143. The van der Waals surface area contributed by atoms with Crippen LogP contribution < -0.4 is 10.2 Å². The number of nitrogens with zero attached hydrogens (tertiary/aromatic N) is 5. The zero-order valence-corrected chi connectivity index (χ0v) is 27.8. The van der Waals surface area contributed by atoms with E-state index in [9.17, 15) is 22.8 Å². The van der Waals surface area contributed by atoms with Crippen LogP contribution >= 0.6 is 0 Å². The van der Waals surface area contributed by atoms with Gasteiger partial charge in [0.1, 0.15) is 16.9 Å². The number of ether oxygens (including phenoxy) is 2. The summed E-state index contributed by atoms with van der Waals surface area (Å²) in [7, 11) is 3.61. The topological polar surface area (TPSA) is 135 Å². The van der Waals surface area contributed by atoms with Crippen molar-refractivity contribution in [3.8, 4) is 11.3 Å². The Kier molecular flexibility index (Phi) is 9.87. The van der Waals surface area contributed by atoms with E-state index in [0.717, 1.165) is 43.7 Å². The van der Waals surface area contributed by atoms with Crippen LogP contribution in [0.15, 0.2) is 36.5 Å². The first kappa shape index (κ1) is 34.3. The summed E-state index contributed by atoms with van der Waals surface area (Å²) in [4.78, 5) is 47.4. The minimum Gasteiger partial charge on any atom is -0.466 e. The molecule has 0 spiro atoms. The van der Waals surface area contributed by atoms with Crippen molar-refractivity contribution in [3.63, 3.8) is 0 Å². The molecule has 2 N–H and O–H groups in total. The minimum absolute atomic E-state index is 0.00101. The molecule has 2 aliphatic carbocycles. The lowest BCUT2D eigenvalue weighted by Crippen LogP contribution is -2.44. The van der Waals surface area contributed by atoms with E-state index >= 15 is 0 Å². The van der Waals surface area contributed by atoms with Gasteiger partial charge in [0, 0.05) is 55.9 Å². The third-order valence-electron chi connectivity index (χ3n) is 9.16. The molecule has 0 bridgehead atoms. The van der Waals surface area contributed by atoms with Gasteiger partial charge in [0.15, 0.2) is 5.65 Å². The molecular weight excluding hydrogens is 639 g/mol. The van der Waals surface area contributed by atoms with Crippen LogP contribution in [-0.4, -0.2) is 70.7 Å². The number of halogens is 3. The van der Waals surface area contributed by atoms with Crippen molar-refractivity contribution < 1.29 is 32.2 Å². The normalized spacial score (nSPS) is 15.6. The fraction of sp³-hybridized carbons (Fsp3) is 0.486. The molecule has 0 unspecified atom stereocenters. The number of anilines is 2. The smallest absolute Gasteiger partial charge is 0.433 e. The first-order valence-electron chi connectivity index (χ1n) is 16.6. The molecule has 4 heterocycles. The number of rotatable bonds is 14. The molecule has 260 valence electrons. The SMILES string of the molecule is CCOC(=O)CCCc1ccc(C(=O)Nc2nc3nc(-c4cc(C5CC5)nc(C(F)(F)F)c4)cc(N(C)CC4(COC)CCC4)c3[nH]2)nc1. The van der Waals surface area contributed by atoms with Crippen LogP contribution in [0, 0.1) is 5.41 Å². The standard InChI is InChI=1S/C35H40F3N7O4/c1-4-49-29(46)8-5-7-21-9-12-24(39-18-21)32(47)44-33-42-30-27(45(2)19-34(20-48-3)13-6-14-34)17-26(41-31(30)43-33)23-15-25(22-10-11-22)40-28(16-23)35(36,37)38/h9,12,15-18,22H,4-8,10-11,13-14,19-20H2,1-3H3,(H2,41,42,43,44,47). The van der Waals surface area contributed by atoms with Gasteiger partial charge in [-0.25, -0.2) is 9.97 Å². The van der Waals surface area contributed by atoms with Gasteiger partial charge in [-0.1, -0.05) is 12.5 Å². The number of hydrogen-bond acceptors (Lipinski definition) is 9. The first-order valence-corrected chi connectivity index (χ1v) is 16.6. The average Bonchev–Trinajstić information content (AvgIpc) is 3.83. The molecule has 6 rings (SSSR count). The Morgan fingerprint density at radius 2 is 1.92 bits per heavy atom. The van der Waals surface area contributed by atoms with E-state index in [0.29, 0.717) is 67.2 Å². The third kappa shape index (κ3) is 8.01. The summed E-state index contributed by atoms with van der Waals surface area (Å²) < 4.78 is 52.3. The van der Waals surface area contributed by atoms with Crippen molar-refractivity contribution in [2.75, 3.05) is 44.1 Å². The molecule has 2 saturated carbocycles. The van der Waals surface area contributed by atoms with Gasteiger partial charge in [-0.15, -0.1) is 0 Å². The Morgan fingerprint density at radius 1 is 1.12 bits per heavy atom. The quantitative estimate of drug-likeness (QED) is 0.140. The number of imidazole rings is 1. The molecule has 4 aromatic rings. The number of hydrogen-bond donors (Lipinski definition) is 2. The molecule has 2 fully saturated rings. The van der Waals surface area contributed by atoms with Gasteiger partial charge in [-0.2, -0.15) is 18.2 Å². The van der Waals surface area contributed by atoms with Crippen LogP contribution in [0.5, 0.6) is 0 Å². The van der Waals surface area contributed by atoms with E-state index in [2.05, 4.69) is 30.2 Å². The molecule has 14 heteroatoms. The summed E-state index contributed by atoms with van der Waals surface area (Å²) in [5.41, 5.74) is 2.52. The zero-order valence-electron chi connectivity index (χ0n) is 27.8. The lowest BCUT2D eigenvalue weighted by atomic mass is 9.69. The Morgan fingerprint density at radius 3 is 2.55 bits per heavy atom. The molecule has 11 nitrogen and oxygen atoms in total. The largest absolute Gasteiger partial charge is 0.466 e. The van der Waals surface area contributed by atoms with E-state index in [1.165, 1.54) is 0 Å². The van der Waals surface area contributed by atoms with Crippen LogP contribution in [0.25, 0.3) is 22.4 Å². The number of carbonyl (C=O) groups is 2. The van der Waals surface area contributed by atoms with Crippen LogP contribution in [0.3, 0.4) is 0 Å². The number of alkyl halides is 3. The van der Waals surface area contributed by atoms with Crippen molar-refractivity contribution in [1.29, 1.82) is 0 Å². The maximum absolute atomic E-state index is 13.9. The van der Waals surface area contributed by atoms with Crippen LogP contribution in [0.1, 0.15) is 85.2 Å². The maximum atomic E-state index is 13.9. The summed E-state index contributed by atoms with van der Waals surface area (Å²) in [6.45, 7) is 3.34. The Balaban J connectivity index is 1.29. The number of aromatic nitrogens is 5. The molecule has 2 aliphatic rings. The number of H-pyrrole nitrogens is 1. The molecule has 1 amide bonds. The summed E-state index contributed by atoms with van der Waals surface area (Å²) in [5, 5.41) is 2.75. The molecule has 0 radical (unpaired) electrons. The van der Waals surface area contributed by atoms with E-state index in [1.807, 2.05) is 11.9 Å². The highest BCUT2D eigenvalue weighted by Crippen LogP contribution is 2.44. The Hall–Kier alpha value is -4.59. The number of fused-ring (bicyclic) bond motifs is 1. The van der Waals surface area contributed by atoms with Crippen LogP contribution in [0.4, 0.5) is 24.8 Å².